The number of fused-ring (bicyclic) bond motifs is 1. The first-order chi connectivity index (χ1) is 8.74. The largest absolute Gasteiger partial charge is 0.497 e. The van der Waals surface area contributed by atoms with E-state index in [1.54, 1.807) is 13.3 Å². The molecule has 3 nitrogen and oxygen atoms in total. The third-order valence-electron chi connectivity index (χ3n) is 3.76. The number of hydrogen-bond acceptors (Lipinski definition) is 3. The van der Waals surface area contributed by atoms with Crippen molar-refractivity contribution < 1.29 is 4.74 Å². The van der Waals surface area contributed by atoms with Gasteiger partial charge in [0, 0.05) is 12.4 Å². The summed E-state index contributed by atoms with van der Waals surface area (Å²) in [6, 6.07) is 10.1. The molecular formula is C15H16N2O. The second-order valence-electron chi connectivity index (χ2n) is 4.74. The minimum atomic E-state index is -0.432. The third kappa shape index (κ3) is 1.59. The monoisotopic (exact) mass is 240 g/mol. The molecule has 18 heavy (non-hydrogen) atoms. The average Bonchev–Trinajstić information content (AvgIpc) is 2.78. The number of hydrogen-bond donors (Lipinski definition) is 1. The zero-order valence-electron chi connectivity index (χ0n) is 10.4. The van der Waals surface area contributed by atoms with Crippen LogP contribution in [0.3, 0.4) is 0 Å². The van der Waals surface area contributed by atoms with Gasteiger partial charge in [-0.25, -0.2) is 0 Å². The van der Waals surface area contributed by atoms with Gasteiger partial charge in [0.25, 0.3) is 0 Å². The molecular weight excluding hydrogens is 224 g/mol. The van der Waals surface area contributed by atoms with Gasteiger partial charge in [-0.3, -0.25) is 4.98 Å². The van der Waals surface area contributed by atoms with Gasteiger partial charge in [-0.15, -0.1) is 0 Å². The summed E-state index contributed by atoms with van der Waals surface area (Å²) in [5.41, 5.74) is 9.72. The highest BCUT2D eigenvalue weighted by Crippen LogP contribution is 2.41. The van der Waals surface area contributed by atoms with Gasteiger partial charge >= 0.3 is 0 Å². The Morgan fingerprint density at radius 2 is 2.22 bits per heavy atom. The van der Waals surface area contributed by atoms with E-state index in [2.05, 4.69) is 17.1 Å². The second-order valence-corrected chi connectivity index (χ2v) is 4.74. The summed E-state index contributed by atoms with van der Waals surface area (Å²) in [5.74, 6) is 0.856. The average molecular weight is 240 g/mol. The zero-order chi connectivity index (χ0) is 12.6. The van der Waals surface area contributed by atoms with E-state index >= 15 is 0 Å². The van der Waals surface area contributed by atoms with Crippen LogP contribution >= 0.6 is 0 Å². The molecule has 3 rings (SSSR count). The summed E-state index contributed by atoms with van der Waals surface area (Å²) in [5, 5.41) is 0. The van der Waals surface area contributed by atoms with E-state index in [0.29, 0.717) is 0 Å². The number of nitrogens with zero attached hydrogens (tertiary/aromatic N) is 1. The van der Waals surface area contributed by atoms with Gasteiger partial charge in [0.15, 0.2) is 0 Å². The summed E-state index contributed by atoms with van der Waals surface area (Å²) in [4.78, 5) is 4.18. The van der Waals surface area contributed by atoms with Crippen molar-refractivity contribution in [3.63, 3.8) is 0 Å². The number of ether oxygens (including phenoxy) is 1. The van der Waals surface area contributed by atoms with E-state index in [-0.39, 0.29) is 0 Å². The van der Waals surface area contributed by atoms with Crippen LogP contribution in [0.4, 0.5) is 0 Å². The molecule has 1 aliphatic rings. The molecule has 0 aliphatic heterocycles. The standard InChI is InChI=1S/C15H16N2O/c1-18-13-5-4-11-6-7-15(16,14(11)9-13)12-3-2-8-17-10-12/h2-5,8-10H,6-7,16H2,1H3. The zero-order valence-corrected chi connectivity index (χ0v) is 10.4. The second kappa shape index (κ2) is 4.10. The Bertz CT molecular complexity index is 568. The number of methoxy groups -OCH3 is 1. The Kier molecular flexibility index (Phi) is 2.56. The van der Waals surface area contributed by atoms with E-state index in [4.69, 9.17) is 10.5 Å². The summed E-state index contributed by atoms with van der Waals surface area (Å²) in [6.07, 6.45) is 5.55. The lowest BCUT2D eigenvalue weighted by atomic mass is 9.86. The van der Waals surface area contributed by atoms with Crippen molar-refractivity contribution in [3.05, 3.63) is 59.4 Å². The molecule has 0 saturated heterocycles. The molecule has 0 amide bonds. The van der Waals surface area contributed by atoms with Gasteiger partial charge in [0.2, 0.25) is 0 Å². The van der Waals surface area contributed by atoms with Gasteiger partial charge in [0.05, 0.1) is 12.6 Å². The fourth-order valence-electron chi connectivity index (χ4n) is 2.71. The Hall–Kier alpha value is -1.87. The van der Waals surface area contributed by atoms with E-state index < -0.39 is 5.54 Å². The summed E-state index contributed by atoms with van der Waals surface area (Å²) in [7, 11) is 1.68. The molecule has 0 saturated carbocycles. The first kappa shape index (κ1) is 11.2. The van der Waals surface area contributed by atoms with Crippen molar-refractivity contribution in [2.45, 2.75) is 18.4 Å². The SMILES string of the molecule is COc1ccc2c(c1)C(N)(c1cccnc1)CC2. The number of aromatic nitrogens is 1. The minimum absolute atomic E-state index is 0.432. The molecule has 1 atom stereocenters. The Labute approximate surface area is 107 Å². The highest BCUT2D eigenvalue weighted by molar-refractivity contribution is 5.49. The Morgan fingerprint density at radius 1 is 1.33 bits per heavy atom. The van der Waals surface area contributed by atoms with Crippen molar-refractivity contribution in [1.82, 2.24) is 4.98 Å². The summed E-state index contributed by atoms with van der Waals surface area (Å²) in [6.45, 7) is 0. The molecule has 1 aromatic carbocycles. The first-order valence-electron chi connectivity index (χ1n) is 6.11. The molecule has 92 valence electrons. The van der Waals surface area contributed by atoms with Crippen molar-refractivity contribution >= 4 is 0 Å². The topological polar surface area (TPSA) is 48.1 Å². The maximum Gasteiger partial charge on any atom is 0.119 e. The van der Waals surface area contributed by atoms with Crippen LogP contribution in [0, 0.1) is 0 Å². The van der Waals surface area contributed by atoms with Crippen molar-refractivity contribution in [1.29, 1.82) is 0 Å². The molecule has 1 aromatic heterocycles. The van der Waals surface area contributed by atoms with Gasteiger partial charge in [-0.2, -0.15) is 0 Å². The van der Waals surface area contributed by atoms with Crippen LogP contribution in [0.5, 0.6) is 5.75 Å². The van der Waals surface area contributed by atoms with Gasteiger partial charge in [-0.05, 0) is 47.7 Å². The quantitative estimate of drug-likeness (QED) is 0.875. The van der Waals surface area contributed by atoms with E-state index in [0.717, 1.165) is 29.7 Å². The van der Waals surface area contributed by atoms with E-state index in [1.165, 1.54) is 5.56 Å². The number of rotatable bonds is 2. The van der Waals surface area contributed by atoms with Gasteiger partial charge in [0.1, 0.15) is 5.75 Å². The van der Waals surface area contributed by atoms with Crippen LogP contribution in [-0.2, 0) is 12.0 Å². The number of pyridine rings is 1. The number of aryl methyl sites for hydroxylation is 1. The lowest BCUT2D eigenvalue weighted by Gasteiger charge is -2.26. The van der Waals surface area contributed by atoms with E-state index in [1.807, 2.05) is 24.4 Å². The molecule has 0 radical (unpaired) electrons. The fraction of sp³-hybridized carbons (Fsp3) is 0.267. The maximum absolute atomic E-state index is 6.62. The minimum Gasteiger partial charge on any atom is -0.497 e. The lowest BCUT2D eigenvalue weighted by molar-refractivity contribution is 0.413. The first-order valence-corrected chi connectivity index (χ1v) is 6.11. The van der Waals surface area contributed by atoms with Crippen LogP contribution in [0.2, 0.25) is 0 Å². The van der Waals surface area contributed by atoms with Crippen molar-refractivity contribution in [2.24, 2.45) is 5.73 Å². The fourth-order valence-corrected chi connectivity index (χ4v) is 2.71. The predicted octanol–water partition coefficient (Wildman–Crippen LogP) is 2.24. The molecule has 1 aliphatic carbocycles. The molecule has 1 unspecified atom stereocenters. The highest BCUT2D eigenvalue weighted by Gasteiger charge is 2.37. The van der Waals surface area contributed by atoms with Crippen molar-refractivity contribution in [3.8, 4) is 5.75 Å². The van der Waals surface area contributed by atoms with Crippen LogP contribution < -0.4 is 10.5 Å². The molecule has 2 N–H and O–H groups in total. The van der Waals surface area contributed by atoms with Crippen LogP contribution in [-0.4, -0.2) is 12.1 Å². The van der Waals surface area contributed by atoms with Gasteiger partial charge < -0.3 is 10.5 Å². The van der Waals surface area contributed by atoms with Crippen LogP contribution in [0.15, 0.2) is 42.7 Å². The molecule has 1 heterocycles. The molecule has 0 fully saturated rings. The van der Waals surface area contributed by atoms with Crippen molar-refractivity contribution in [2.75, 3.05) is 7.11 Å². The van der Waals surface area contributed by atoms with Gasteiger partial charge in [-0.1, -0.05) is 12.1 Å². The predicted molar refractivity (Wildman–Crippen MR) is 70.5 cm³/mol. The van der Waals surface area contributed by atoms with E-state index in [9.17, 15) is 0 Å². The maximum atomic E-state index is 6.62. The number of nitrogens with two attached hydrogens (primary N) is 1. The Morgan fingerprint density at radius 3 is 2.94 bits per heavy atom. The molecule has 3 heteroatoms. The van der Waals surface area contributed by atoms with Crippen LogP contribution in [0.25, 0.3) is 0 Å². The lowest BCUT2D eigenvalue weighted by Crippen LogP contribution is -2.35. The summed E-state index contributed by atoms with van der Waals surface area (Å²) < 4.78 is 5.30. The van der Waals surface area contributed by atoms with Crippen LogP contribution in [0.1, 0.15) is 23.1 Å². The highest BCUT2D eigenvalue weighted by atomic mass is 16.5. The Balaban J connectivity index is 2.13. The molecule has 0 bridgehead atoms. The normalized spacial score (nSPS) is 21.7. The molecule has 0 spiro atoms. The third-order valence-corrected chi connectivity index (χ3v) is 3.76. The number of benzene rings is 1. The summed E-state index contributed by atoms with van der Waals surface area (Å²) >= 11 is 0. The molecule has 2 aromatic rings. The smallest absolute Gasteiger partial charge is 0.119 e.